The van der Waals surface area contributed by atoms with Gasteiger partial charge in [0.05, 0.1) is 5.69 Å². The molecule has 3 N–H and O–H groups in total. The Morgan fingerprint density at radius 2 is 1.86 bits per heavy atom. The van der Waals surface area contributed by atoms with Crippen molar-refractivity contribution < 1.29 is 9.59 Å². The smallest absolute Gasteiger partial charge is 0.274 e. The number of nitrogens with two attached hydrogens (primary N) is 1. The van der Waals surface area contributed by atoms with Gasteiger partial charge in [0.1, 0.15) is 12.0 Å². The number of amides is 2. The number of imidazole rings is 1. The molecule has 7 nitrogen and oxygen atoms in total. The number of benzene rings is 2. The minimum atomic E-state index is -0.720. The summed E-state index contributed by atoms with van der Waals surface area (Å²) in [5.41, 5.74) is 8.69. The van der Waals surface area contributed by atoms with Crippen LogP contribution in [0.1, 0.15) is 26.5 Å². The number of halogens is 1. The molecule has 0 aliphatic heterocycles. The molecule has 0 atom stereocenters. The van der Waals surface area contributed by atoms with Gasteiger partial charge in [-0.25, -0.2) is 9.97 Å². The number of anilines is 1. The molecule has 8 heteroatoms. The molecule has 0 radical (unpaired) electrons. The van der Waals surface area contributed by atoms with Crippen LogP contribution in [0, 0.1) is 6.92 Å². The summed E-state index contributed by atoms with van der Waals surface area (Å²) in [6.45, 7) is 1.86. The van der Waals surface area contributed by atoms with Crippen LogP contribution in [-0.2, 0) is 0 Å². The van der Waals surface area contributed by atoms with Gasteiger partial charge in [-0.1, -0.05) is 48.0 Å². The second kappa shape index (κ2) is 7.37. The number of nitrogens with one attached hydrogen (secondary N) is 1. The van der Waals surface area contributed by atoms with Crippen LogP contribution in [0.15, 0.2) is 60.9 Å². The van der Waals surface area contributed by atoms with Gasteiger partial charge in [0.25, 0.3) is 11.8 Å². The molecule has 4 aromatic rings. The lowest BCUT2D eigenvalue weighted by molar-refractivity contribution is 0.0993. The highest BCUT2D eigenvalue weighted by Crippen LogP contribution is 2.24. The van der Waals surface area contributed by atoms with E-state index in [-0.39, 0.29) is 17.0 Å². The van der Waals surface area contributed by atoms with E-state index in [1.54, 1.807) is 22.6 Å². The van der Waals surface area contributed by atoms with Crippen LogP contribution in [0.2, 0.25) is 5.02 Å². The van der Waals surface area contributed by atoms with Gasteiger partial charge >= 0.3 is 0 Å². The minimum absolute atomic E-state index is 0.00392. The lowest BCUT2D eigenvalue weighted by Crippen LogP contribution is -2.17. The van der Waals surface area contributed by atoms with E-state index in [0.717, 1.165) is 11.1 Å². The van der Waals surface area contributed by atoms with E-state index in [9.17, 15) is 9.59 Å². The Hall–Kier alpha value is -3.71. The van der Waals surface area contributed by atoms with Crippen LogP contribution in [0.3, 0.4) is 0 Å². The summed E-state index contributed by atoms with van der Waals surface area (Å²) in [6, 6.07) is 16.3. The summed E-state index contributed by atoms with van der Waals surface area (Å²) in [5.74, 6) is -1.16. The van der Waals surface area contributed by atoms with Crippen molar-refractivity contribution in [2.45, 2.75) is 6.92 Å². The molecule has 2 heterocycles. The average Bonchev–Trinajstić information content (AvgIpc) is 3.15. The molecule has 0 aliphatic rings. The zero-order valence-corrected chi connectivity index (χ0v) is 16.1. The van der Waals surface area contributed by atoms with Crippen molar-refractivity contribution in [3.63, 3.8) is 0 Å². The largest absolute Gasteiger partial charge is 0.364 e. The summed E-state index contributed by atoms with van der Waals surface area (Å²) >= 11 is 6.04. The lowest BCUT2D eigenvalue weighted by atomic mass is 10.1. The van der Waals surface area contributed by atoms with Gasteiger partial charge in [-0.15, -0.1) is 0 Å². The van der Waals surface area contributed by atoms with Gasteiger partial charge in [-0.2, -0.15) is 0 Å². The van der Waals surface area contributed by atoms with Gasteiger partial charge in [0.2, 0.25) is 0 Å². The quantitative estimate of drug-likeness (QED) is 0.540. The molecule has 2 amide bonds. The monoisotopic (exact) mass is 405 g/mol. The van der Waals surface area contributed by atoms with Crippen LogP contribution >= 0.6 is 11.6 Å². The molecular weight excluding hydrogens is 390 g/mol. The first kappa shape index (κ1) is 18.6. The molecule has 0 saturated carbocycles. The second-order valence-corrected chi connectivity index (χ2v) is 6.89. The van der Waals surface area contributed by atoms with E-state index in [4.69, 9.17) is 17.3 Å². The number of carbonyl (C=O) groups is 2. The number of aryl methyl sites for hydroxylation is 1. The number of carbonyl (C=O) groups excluding carboxylic acids is 2. The fourth-order valence-corrected chi connectivity index (χ4v) is 3.18. The number of nitrogens with zero attached hydrogens (tertiary/aromatic N) is 3. The zero-order valence-electron chi connectivity index (χ0n) is 15.4. The third kappa shape index (κ3) is 3.55. The van der Waals surface area contributed by atoms with Gasteiger partial charge in [-0.3, -0.25) is 14.0 Å². The summed E-state index contributed by atoms with van der Waals surface area (Å²) in [6.07, 6.45) is 1.47. The standard InChI is InChI=1S/C21H16ClN5O2/c1-12-7-8-14(22)9-15(12)26-21(29)16-10-17(13-5-3-2-4-6-13)27-11-24-18(19(23)28)20(27)25-16/h2-11H,1H3,(H2,23,28)(H,26,29). The average molecular weight is 406 g/mol. The fraction of sp³-hybridized carbons (Fsp3) is 0.0476. The molecule has 0 fully saturated rings. The van der Waals surface area contributed by atoms with Gasteiger partial charge in [0.15, 0.2) is 11.3 Å². The highest BCUT2D eigenvalue weighted by molar-refractivity contribution is 6.31. The number of hydrogen-bond donors (Lipinski definition) is 2. The second-order valence-electron chi connectivity index (χ2n) is 6.46. The summed E-state index contributed by atoms with van der Waals surface area (Å²) < 4.78 is 1.64. The Bertz CT molecular complexity index is 1250. The predicted molar refractivity (Wildman–Crippen MR) is 111 cm³/mol. The van der Waals surface area contributed by atoms with E-state index in [0.29, 0.717) is 16.4 Å². The number of fused-ring (bicyclic) bond motifs is 1. The van der Waals surface area contributed by atoms with E-state index in [1.807, 2.05) is 43.3 Å². The Balaban J connectivity index is 1.86. The highest BCUT2D eigenvalue weighted by atomic mass is 35.5. The molecule has 2 aromatic heterocycles. The first-order valence-corrected chi connectivity index (χ1v) is 9.12. The Morgan fingerprint density at radius 1 is 1.10 bits per heavy atom. The zero-order chi connectivity index (χ0) is 20.5. The van der Waals surface area contributed by atoms with E-state index < -0.39 is 11.8 Å². The number of aromatic nitrogens is 3. The van der Waals surface area contributed by atoms with Crippen molar-refractivity contribution in [1.29, 1.82) is 0 Å². The van der Waals surface area contributed by atoms with Crippen LogP contribution in [0.5, 0.6) is 0 Å². The maximum Gasteiger partial charge on any atom is 0.274 e. The number of rotatable bonds is 4. The summed E-state index contributed by atoms with van der Waals surface area (Å²) in [4.78, 5) is 33.1. The van der Waals surface area contributed by atoms with E-state index in [2.05, 4.69) is 15.3 Å². The topological polar surface area (TPSA) is 102 Å². The number of primary amides is 1. The van der Waals surface area contributed by atoms with Crippen molar-refractivity contribution in [2.75, 3.05) is 5.32 Å². The highest BCUT2D eigenvalue weighted by Gasteiger charge is 2.19. The maximum atomic E-state index is 12.9. The van der Waals surface area contributed by atoms with Crippen molar-refractivity contribution in [3.05, 3.63) is 82.9 Å². The Kier molecular flexibility index (Phi) is 4.74. The van der Waals surface area contributed by atoms with Crippen LogP contribution in [-0.4, -0.2) is 26.2 Å². The molecule has 0 spiro atoms. The normalized spacial score (nSPS) is 10.8. The lowest BCUT2D eigenvalue weighted by Gasteiger charge is -2.11. The van der Waals surface area contributed by atoms with E-state index in [1.165, 1.54) is 6.33 Å². The third-order valence-electron chi connectivity index (χ3n) is 4.49. The molecule has 0 unspecified atom stereocenters. The van der Waals surface area contributed by atoms with Crippen molar-refractivity contribution >= 4 is 34.7 Å². The van der Waals surface area contributed by atoms with Crippen molar-refractivity contribution in [2.24, 2.45) is 5.73 Å². The van der Waals surface area contributed by atoms with Crippen LogP contribution in [0.4, 0.5) is 5.69 Å². The molecule has 2 aromatic carbocycles. The summed E-state index contributed by atoms with van der Waals surface area (Å²) in [5, 5.41) is 3.33. The van der Waals surface area contributed by atoms with Gasteiger partial charge in [0, 0.05) is 10.7 Å². The molecular formula is C21H16ClN5O2. The predicted octanol–water partition coefficient (Wildman–Crippen LogP) is 3.71. The molecule has 0 saturated heterocycles. The van der Waals surface area contributed by atoms with Crippen LogP contribution < -0.4 is 11.1 Å². The third-order valence-corrected chi connectivity index (χ3v) is 4.72. The first-order chi connectivity index (χ1) is 13.9. The fourth-order valence-electron chi connectivity index (χ4n) is 3.01. The van der Waals surface area contributed by atoms with Gasteiger partial charge in [-0.05, 0) is 36.2 Å². The first-order valence-electron chi connectivity index (χ1n) is 8.75. The minimum Gasteiger partial charge on any atom is -0.364 e. The SMILES string of the molecule is Cc1ccc(Cl)cc1NC(=O)c1cc(-c2ccccc2)n2cnc(C(N)=O)c2n1. The molecule has 0 bridgehead atoms. The van der Waals surface area contributed by atoms with Crippen molar-refractivity contribution in [3.8, 4) is 11.3 Å². The van der Waals surface area contributed by atoms with Crippen LogP contribution in [0.25, 0.3) is 16.9 Å². The summed E-state index contributed by atoms with van der Waals surface area (Å²) in [7, 11) is 0. The van der Waals surface area contributed by atoms with Gasteiger partial charge < -0.3 is 11.1 Å². The molecule has 0 aliphatic carbocycles. The Morgan fingerprint density at radius 3 is 2.59 bits per heavy atom. The molecule has 4 rings (SSSR count). The Labute approximate surface area is 171 Å². The molecule has 144 valence electrons. The molecule has 29 heavy (non-hydrogen) atoms. The van der Waals surface area contributed by atoms with Crippen molar-refractivity contribution in [1.82, 2.24) is 14.4 Å². The van der Waals surface area contributed by atoms with E-state index >= 15 is 0 Å². The number of hydrogen-bond acceptors (Lipinski definition) is 4. The maximum absolute atomic E-state index is 12.9.